The summed E-state index contributed by atoms with van der Waals surface area (Å²) in [7, 11) is 0. The molecule has 17 heavy (non-hydrogen) atoms. The third kappa shape index (κ3) is 2.59. The van der Waals surface area contributed by atoms with Crippen molar-refractivity contribution in [1.82, 2.24) is 0 Å². The maximum Gasteiger partial charge on any atom is 0.138 e. The van der Waals surface area contributed by atoms with Gasteiger partial charge < -0.3 is 0 Å². The molecule has 0 aromatic rings. The first kappa shape index (κ1) is 11.8. The molecule has 0 N–H and O–H groups in total. The highest BCUT2D eigenvalue weighted by atomic mass is 14.3. The molecule has 0 atom stereocenters. The van der Waals surface area contributed by atoms with Crippen molar-refractivity contribution in [3.05, 3.63) is 52.3 Å². The van der Waals surface area contributed by atoms with Crippen LogP contribution in [0.4, 0.5) is 0 Å². The van der Waals surface area contributed by atoms with Gasteiger partial charge in [0.05, 0.1) is 0 Å². The SMILES string of the molecule is N#CC(C#N)=CC(C1=C=CC=C1)=C(C#N)C#N. The van der Waals surface area contributed by atoms with Crippen molar-refractivity contribution < 1.29 is 0 Å². The van der Waals surface area contributed by atoms with Crippen molar-refractivity contribution in [3.63, 3.8) is 0 Å². The molecule has 4 heteroatoms. The fourth-order valence-corrected chi connectivity index (χ4v) is 1.16. The number of allylic oxidation sites excluding steroid dienone is 7. The van der Waals surface area contributed by atoms with Crippen LogP contribution in [0.3, 0.4) is 0 Å². The Morgan fingerprint density at radius 1 is 1.06 bits per heavy atom. The Labute approximate surface area is 98.2 Å². The van der Waals surface area contributed by atoms with Crippen LogP contribution in [0.5, 0.6) is 0 Å². The zero-order valence-electron chi connectivity index (χ0n) is 8.60. The first-order valence-corrected chi connectivity index (χ1v) is 4.47. The van der Waals surface area contributed by atoms with Gasteiger partial charge in [0.1, 0.15) is 35.4 Å². The molecule has 0 fully saturated rings. The van der Waals surface area contributed by atoms with Crippen LogP contribution in [0.1, 0.15) is 0 Å². The first-order valence-electron chi connectivity index (χ1n) is 4.47. The minimum Gasteiger partial charge on any atom is -0.192 e. The number of rotatable bonds is 2. The lowest BCUT2D eigenvalue weighted by Gasteiger charge is -1.98. The highest BCUT2D eigenvalue weighted by molar-refractivity contribution is 5.61. The molecule has 1 rings (SSSR count). The van der Waals surface area contributed by atoms with E-state index < -0.39 is 0 Å². The molecule has 0 aromatic heterocycles. The summed E-state index contributed by atoms with van der Waals surface area (Å²) in [5, 5.41) is 34.9. The van der Waals surface area contributed by atoms with Crippen LogP contribution in [-0.2, 0) is 0 Å². The third-order valence-electron chi connectivity index (χ3n) is 1.91. The van der Waals surface area contributed by atoms with Gasteiger partial charge in [-0.2, -0.15) is 21.0 Å². The summed E-state index contributed by atoms with van der Waals surface area (Å²) >= 11 is 0. The van der Waals surface area contributed by atoms with Gasteiger partial charge in [0.15, 0.2) is 0 Å². The molecule has 0 unspecified atom stereocenters. The van der Waals surface area contributed by atoms with E-state index in [2.05, 4.69) is 5.73 Å². The second kappa shape index (κ2) is 5.55. The molecule has 0 aliphatic heterocycles. The Bertz CT molecular complexity index is 635. The highest BCUT2D eigenvalue weighted by Crippen LogP contribution is 2.20. The lowest BCUT2D eigenvalue weighted by atomic mass is 10.00. The van der Waals surface area contributed by atoms with E-state index in [1.807, 2.05) is 0 Å². The Kier molecular flexibility index (Phi) is 3.84. The van der Waals surface area contributed by atoms with Gasteiger partial charge in [0.25, 0.3) is 0 Å². The number of hydrogen-bond donors (Lipinski definition) is 0. The maximum atomic E-state index is 8.81. The van der Waals surface area contributed by atoms with Gasteiger partial charge in [-0.05, 0) is 18.2 Å². The van der Waals surface area contributed by atoms with E-state index in [1.165, 1.54) is 6.08 Å². The molecule has 76 valence electrons. The Morgan fingerprint density at radius 3 is 2.12 bits per heavy atom. The second-order valence-electron chi connectivity index (χ2n) is 2.88. The van der Waals surface area contributed by atoms with E-state index in [-0.39, 0.29) is 16.7 Å². The Hall–Kier alpha value is -3.30. The van der Waals surface area contributed by atoms with Crippen LogP contribution in [0, 0.1) is 45.3 Å². The van der Waals surface area contributed by atoms with Crippen molar-refractivity contribution >= 4 is 0 Å². The van der Waals surface area contributed by atoms with E-state index in [9.17, 15) is 0 Å². The zero-order valence-corrected chi connectivity index (χ0v) is 8.60. The fourth-order valence-electron chi connectivity index (χ4n) is 1.16. The molecule has 4 nitrogen and oxygen atoms in total. The van der Waals surface area contributed by atoms with Crippen molar-refractivity contribution in [2.24, 2.45) is 0 Å². The van der Waals surface area contributed by atoms with Crippen LogP contribution < -0.4 is 0 Å². The number of nitrogens with zero attached hydrogens (tertiary/aromatic N) is 4. The molecule has 0 amide bonds. The predicted molar refractivity (Wildman–Crippen MR) is 58.3 cm³/mol. The summed E-state index contributed by atoms with van der Waals surface area (Å²) in [6.45, 7) is 0. The number of nitriles is 4. The van der Waals surface area contributed by atoms with Crippen LogP contribution in [0.2, 0.25) is 0 Å². The van der Waals surface area contributed by atoms with Gasteiger partial charge in [-0.3, -0.25) is 0 Å². The molecule has 0 saturated heterocycles. The first-order chi connectivity index (χ1) is 8.26. The van der Waals surface area contributed by atoms with Crippen molar-refractivity contribution in [2.45, 2.75) is 0 Å². The van der Waals surface area contributed by atoms with Crippen molar-refractivity contribution in [3.8, 4) is 24.3 Å². The molecular formula is C13H4N4. The fraction of sp³-hybridized carbons (Fsp3) is 0. The van der Waals surface area contributed by atoms with E-state index in [4.69, 9.17) is 21.0 Å². The van der Waals surface area contributed by atoms with Gasteiger partial charge in [-0.1, -0.05) is 6.08 Å². The summed E-state index contributed by atoms with van der Waals surface area (Å²) in [5.41, 5.74) is 3.23. The largest absolute Gasteiger partial charge is 0.192 e. The Morgan fingerprint density at radius 2 is 1.71 bits per heavy atom. The standard InChI is InChI=1S/C13H4N4/c14-6-10(7-15)5-13(12(8-16)9-17)11-3-1-2-4-11/h1-3,5H. The molecule has 0 saturated carbocycles. The maximum absolute atomic E-state index is 8.81. The normalized spacial score (nSPS) is 10.2. The average Bonchev–Trinajstić information content (AvgIpc) is 2.88. The highest BCUT2D eigenvalue weighted by Gasteiger charge is 2.10. The molecule has 0 bridgehead atoms. The summed E-state index contributed by atoms with van der Waals surface area (Å²) in [6.07, 6.45) is 6.17. The van der Waals surface area contributed by atoms with Gasteiger partial charge >= 0.3 is 0 Å². The smallest absolute Gasteiger partial charge is 0.138 e. The van der Waals surface area contributed by atoms with E-state index in [0.717, 1.165) is 0 Å². The van der Waals surface area contributed by atoms with Gasteiger partial charge in [0, 0.05) is 11.1 Å². The van der Waals surface area contributed by atoms with Crippen LogP contribution in [-0.4, -0.2) is 0 Å². The Balaban J connectivity index is 3.47. The lowest BCUT2D eigenvalue weighted by molar-refractivity contribution is 1.40. The van der Waals surface area contributed by atoms with Gasteiger partial charge in [-0.25, -0.2) is 0 Å². The van der Waals surface area contributed by atoms with Crippen LogP contribution >= 0.6 is 0 Å². The van der Waals surface area contributed by atoms with Crippen LogP contribution in [0.15, 0.2) is 52.3 Å². The van der Waals surface area contributed by atoms with Crippen LogP contribution in [0.25, 0.3) is 0 Å². The second-order valence-corrected chi connectivity index (χ2v) is 2.88. The van der Waals surface area contributed by atoms with E-state index >= 15 is 0 Å². The summed E-state index contributed by atoms with van der Waals surface area (Å²) in [4.78, 5) is 0. The number of hydrogen-bond acceptors (Lipinski definition) is 4. The molecule has 0 heterocycles. The lowest BCUT2D eigenvalue weighted by Crippen LogP contribution is -1.89. The van der Waals surface area contributed by atoms with E-state index in [1.54, 1.807) is 42.5 Å². The summed E-state index contributed by atoms with van der Waals surface area (Å²) in [5.74, 6) is 0. The quantitative estimate of drug-likeness (QED) is 0.400. The monoisotopic (exact) mass is 216 g/mol. The minimum atomic E-state index is -0.169. The molecular weight excluding hydrogens is 212 g/mol. The van der Waals surface area contributed by atoms with E-state index in [0.29, 0.717) is 5.57 Å². The van der Waals surface area contributed by atoms with Gasteiger partial charge in [0.2, 0.25) is 0 Å². The zero-order chi connectivity index (χ0) is 12.7. The molecule has 0 radical (unpaired) electrons. The van der Waals surface area contributed by atoms with Crippen molar-refractivity contribution in [1.29, 1.82) is 21.0 Å². The molecule has 1 aliphatic carbocycles. The van der Waals surface area contributed by atoms with Gasteiger partial charge in [-0.15, -0.1) is 5.73 Å². The topological polar surface area (TPSA) is 95.2 Å². The third-order valence-corrected chi connectivity index (χ3v) is 1.91. The average molecular weight is 216 g/mol. The minimum absolute atomic E-state index is 0.157. The predicted octanol–water partition coefficient (Wildman–Crippen LogP) is 1.96. The molecule has 0 aromatic carbocycles. The molecule has 1 aliphatic rings. The summed E-state index contributed by atoms with van der Waals surface area (Å²) < 4.78 is 0. The molecule has 0 spiro atoms. The summed E-state index contributed by atoms with van der Waals surface area (Å²) in [6, 6.07) is 6.82. The van der Waals surface area contributed by atoms with Crippen molar-refractivity contribution in [2.75, 3.05) is 0 Å².